The van der Waals surface area contributed by atoms with Gasteiger partial charge >= 0.3 is 0 Å². The third-order valence-corrected chi connectivity index (χ3v) is 4.21. The van der Waals surface area contributed by atoms with E-state index >= 15 is 0 Å². The molecule has 0 radical (unpaired) electrons. The van der Waals surface area contributed by atoms with E-state index < -0.39 is 0 Å². The summed E-state index contributed by atoms with van der Waals surface area (Å²) in [5, 5.41) is 2.22. The molecule has 1 aromatic heterocycles. The number of nitrogens with zero attached hydrogens (tertiary/aromatic N) is 1. The van der Waals surface area contributed by atoms with Crippen molar-refractivity contribution in [1.82, 2.24) is 4.90 Å². The Hall–Kier alpha value is 0.100. The summed E-state index contributed by atoms with van der Waals surface area (Å²) in [6.07, 6.45) is 2.29. The second kappa shape index (κ2) is 4.75. The van der Waals surface area contributed by atoms with Crippen LogP contribution in [0.2, 0.25) is 0 Å². The summed E-state index contributed by atoms with van der Waals surface area (Å²) in [4.78, 5) is 2.48. The largest absolute Gasteiger partial charge is 0.328 e. The van der Waals surface area contributed by atoms with Crippen molar-refractivity contribution < 1.29 is 0 Å². The van der Waals surface area contributed by atoms with E-state index in [0.29, 0.717) is 6.04 Å². The monoisotopic (exact) mass is 274 g/mol. The van der Waals surface area contributed by atoms with Gasteiger partial charge in [0.15, 0.2) is 0 Å². The number of hydrogen-bond donors (Lipinski definition) is 1. The van der Waals surface area contributed by atoms with Crippen molar-refractivity contribution in [2.24, 2.45) is 5.73 Å². The van der Waals surface area contributed by atoms with Crippen LogP contribution in [0.1, 0.15) is 18.4 Å². The highest BCUT2D eigenvalue weighted by Crippen LogP contribution is 2.22. The first-order chi connectivity index (χ1) is 6.74. The molecular weight excluding hydrogens is 260 g/mol. The Labute approximate surface area is 97.2 Å². The van der Waals surface area contributed by atoms with E-state index in [2.05, 4.69) is 32.3 Å². The van der Waals surface area contributed by atoms with Gasteiger partial charge in [0.05, 0.1) is 3.79 Å². The maximum atomic E-state index is 5.86. The van der Waals surface area contributed by atoms with Gasteiger partial charge in [0.2, 0.25) is 0 Å². The van der Waals surface area contributed by atoms with Gasteiger partial charge in [0, 0.05) is 12.6 Å². The Balaban J connectivity index is 1.86. The van der Waals surface area contributed by atoms with Crippen LogP contribution in [0, 0.1) is 0 Å². The molecule has 4 heteroatoms. The standard InChI is InChI=1S/C10H15BrN2S/c11-10-5-8(7-14-10)6-13-3-1-9(12)2-4-13/h5,7,9H,1-4,6,12H2. The van der Waals surface area contributed by atoms with Crippen LogP contribution in [-0.2, 0) is 6.54 Å². The average Bonchev–Trinajstić information content (AvgIpc) is 2.56. The van der Waals surface area contributed by atoms with Gasteiger partial charge in [-0.3, -0.25) is 4.90 Å². The zero-order valence-electron chi connectivity index (χ0n) is 8.08. The van der Waals surface area contributed by atoms with E-state index in [9.17, 15) is 0 Å². The first-order valence-corrected chi connectivity index (χ1v) is 6.62. The molecule has 2 rings (SSSR count). The van der Waals surface area contributed by atoms with Crippen molar-refractivity contribution in [3.05, 3.63) is 20.8 Å². The van der Waals surface area contributed by atoms with Gasteiger partial charge in [-0.25, -0.2) is 0 Å². The second-order valence-electron chi connectivity index (χ2n) is 3.87. The predicted molar refractivity (Wildman–Crippen MR) is 64.5 cm³/mol. The number of likely N-dealkylation sites (tertiary alicyclic amines) is 1. The minimum atomic E-state index is 0.431. The van der Waals surface area contributed by atoms with Crippen LogP contribution < -0.4 is 5.73 Å². The molecular formula is C10H15BrN2S. The minimum absolute atomic E-state index is 0.431. The number of thiophene rings is 1. The zero-order chi connectivity index (χ0) is 9.97. The van der Waals surface area contributed by atoms with E-state index in [4.69, 9.17) is 5.73 Å². The van der Waals surface area contributed by atoms with Crippen molar-refractivity contribution >= 4 is 27.3 Å². The lowest BCUT2D eigenvalue weighted by Gasteiger charge is -2.29. The summed E-state index contributed by atoms with van der Waals surface area (Å²) < 4.78 is 1.22. The molecule has 0 unspecified atom stereocenters. The van der Waals surface area contributed by atoms with Crippen molar-refractivity contribution in [3.8, 4) is 0 Å². The Bertz CT molecular complexity index is 292. The van der Waals surface area contributed by atoms with Gasteiger partial charge in [-0.2, -0.15) is 0 Å². The van der Waals surface area contributed by atoms with Crippen molar-refractivity contribution in [2.75, 3.05) is 13.1 Å². The molecule has 2 N–H and O–H groups in total. The molecule has 0 aliphatic carbocycles. The highest BCUT2D eigenvalue weighted by Gasteiger charge is 2.16. The zero-order valence-corrected chi connectivity index (χ0v) is 10.5. The van der Waals surface area contributed by atoms with Crippen LogP contribution in [0.5, 0.6) is 0 Å². The van der Waals surface area contributed by atoms with Crippen LogP contribution in [0.3, 0.4) is 0 Å². The Morgan fingerprint density at radius 1 is 1.50 bits per heavy atom. The molecule has 1 aromatic rings. The molecule has 1 aliphatic heterocycles. The van der Waals surface area contributed by atoms with E-state index in [1.165, 1.54) is 9.35 Å². The van der Waals surface area contributed by atoms with E-state index in [1.807, 2.05) is 0 Å². The Kier molecular flexibility index (Phi) is 3.60. The smallest absolute Gasteiger partial charge is 0.0701 e. The molecule has 1 fully saturated rings. The molecule has 78 valence electrons. The minimum Gasteiger partial charge on any atom is -0.328 e. The molecule has 0 spiro atoms. The van der Waals surface area contributed by atoms with Crippen LogP contribution in [0.25, 0.3) is 0 Å². The molecule has 2 heterocycles. The van der Waals surface area contributed by atoms with Gasteiger partial charge in [-0.15, -0.1) is 11.3 Å². The lowest BCUT2D eigenvalue weighted by atomic mass is 10.1. The summed E-state index contributed by atoms with van der Waals surface area (Å²) in [6.45, 7) is 3.37. The predicted octanol–water partition coefficient (Wildman–Crippen LogP) is 2.43. The van der Waals surface area contributed by atoms with Crippen molar-refractivity contribution in [1.29, 1.82) is 0 Å². The van der Waals surface area contributed by atoms with Crippen molar-refractivity contribution in [2.45, 2.75) is 25.4 Å². The molecule has 1 aliphatic rings. The van der Waals surface area contributed by atoms with E-state index in [-0.39, 0.29) is 0 Å². The number of piperidine rings is 1. The van der Waals surface area contributed by atoms with E-state index in [1.54, 1.807) is 11.3 Å². The van der Waals surface area contributed by atoms with Gasteiger partial charge in [0.1, 0.15) is 0 Å². The lowest BCUT2D eigenvalue weighted by Crippen LogP contribution is -2.39. The van der Waals surface area contributed by atoms with Gasteiger partial charge in [0.25, 0.3) is 0 Å². The molecule has 0 aromatic carbocycles. The lowest BCUT2D eigenvalue weighted by molar-refractivity contribution is 0.206. The normalized spacial score (nSPS) is 20.1. The third-order valence-electron chi connectivity index (χ3n) is 2.66. The first kappa shape index (κ1) is 10.6. The molecule has 14 heavy (non-hydrogen) atoms. The van der Waals surface area contributed by atoms with Gasteiger partial charge in [-0.1, -0.05) is 0 Å². The summed E-state index contributed by atoms with van der Waals surface area (Å²) >= 11 is 5.25. The van der Waals surface area contributed by atoms with Crippen LogP contribution in [0.15, 0.2) is 15.2 Å². The third kappa shape index (κ3) is 2.79. The molecule has 2 nitrogen and oxygen atoms in total. The molecule has 0 saturated carbocycles. The maximum absolute atomic E-state index is 5.86. The second-order valence-corrected chi connectivity index (χ2v) is 6.16. The fourth-order valence-electron chi connectivity index (χ4n) is 1.80. The van der Waals surface area contributed by atoms with E-state index in [0.717, 1.165) is 32.5 Å². The van der Waals surface area contributed by atoms with Crippen LogP contribution in [0.4, 0.5) is 0 Å². The SMILES string of the molecule is NC1CCN(Cc2csc(Br)c2)CC1. The number of rotatable bonds is 2. The van der Waals surface area contributed by atoms with Crippen LogP contribution >= 0.6 is 27.3 Å². The highest BCUT2D eigenvalue weighted by atomic mass is 79.9. The van der Waals surface area contributed by atoms with Gasteiger partial charge in [-0.05, 0) is 58.9 Å². The fraction of sp³-hybridized carbons (Fsp3) is 0.600. The van der Waals surface area contributed by atoms with Crippen molar-refractivity contribution in [3.63, 3.8) is 0 Å². The maximum Gasteiger partial charge on any atom is 0.0701 e. The summed E-state index contributed by atoms with van der Waals surface area (Å²) in [5.41, 5.74) is 7.28. The number of nitrogens with two attached hydrogens (primary N) is 1. The highest BCUT2D eigenvalue weighted by molar-refractivity contribution is 9.11. The molecule has 0 amide bonds. The molecule has 0 bridgehead atoms. The summed E-state index contributed by atoms with van der Waals surface area (Å²) in [7, 11) is 0. The molecule has 0 atom stereocenters. The number of hydrogen-bond acceptors (Lipinski definition) is 3. The Morgan fingerprint density at radius 3 is 2.79 bits per heavy atom. The molecule has 1 saturated heterocycles. The quantitative estimate of drug-likeness (QED) is 0.898. The summed E-state index contributed by atoms with van der Waals surface area (Å²) in [6, 6.07) is 2.64. The first-order valence-electron chi connectivity index (χ1n) is 4.95. The topological polar surface area (TPSA) is 29.3 Å². The average molecular weight is 275 g/mol. The van der Waals surface area contributed by atoms with Crippen LogP contribution in [-0.4, -0.2) is 24.0 Å². The number of halogens is 1. The Morgan fingerprint density at radius 2 is 2.21 bits per heavy atom. The van der Waals surface area contributed by atoms with Gasteiger partial charge < -0.3 is 5.73 Å². The summed E-state index contributed by atoms with van der Waals surface area (Å²) in [5.74, 6) is 0. The fourth-order valence-corrected chi connectivity index (χ4v) is 3.00.